The van der Waals surface area contributed by atoms with Crippen molar-refractivity contribution >= 4 is 11.8 Å². The Morgan fingerprint density at radius 1 is 1.04 bits per heavy atom. The van der Waals surface area contributed by atoms with E-state index in [1.54, 1.807) is 36.4 Å². The van der Waals surface area contributed by atoms with Crippen LogP contribution in [0, 0.1) is 18.3 Å². The molecule has 0 fully saturated rings. The second-order valence-corrected chi connectivity index (χ2v) is 5.83. The van der Waals surface area contributed by atoms with Gasteiger partial charge in [0, 0.05) is 5.56 Å². The molecule has 0 aliphatic carbocycles. The van der Waals surface area contributed by atoms with Gasteiger partial charge in [0.2, 0.25) is 5.76 Å². The SMILES string of the molecule is Cc1oc(C(=O)NNC(=O)c2ccc(O)c(C#N)c2)c(-c2ccccc2)c1O. The third kappa shape index (κ3) is 3.50. The number of hydrazine groups is 1. The van der Waals surface area contributed by atoms with Crippen molar-refractivity contribution < 1.29 is 24.2 Å². The molecule has 1 heterocycles. The number of carbonyl (C=O) groups excluding carboxylic acids is 2. The van der Waals surface area contributed by atoms with E-state index in [0.717, 1.165) is 0 Å². The van der Waals surface area contributed by atoms with Crippen LogP contribution in [0.25, 0.3) is 11.1 Å². The number of amides is 2. The first-order chi connectivity index (χ1) is 13.4. The quantitative estimate of drug-likeness (QED) is 0.518. The van der Waals surface area contributed by atoms with Crippen LogP contribution in [-0.4, -0.2) is 22.0 Å². The van der Waals surface area contributed by atoms with Crippen molar-refractivity contribution in [3.05, 3.63) is 71.2 Å². The molecule has 8 nitrogen and oxygen atoms in total. The number of carbonyl (C=O) groups is 2. The van der Waals surface area contributed by atoms with Gasteiger partial charge in [-0.2, -0.15) is 5.26 Å². The predicted octanol–water partition coefficient (Wildman–Crippen LogP) is 2.61. The predicted molar refractivity (Wildman–Crippen MR) is 98.3 cm³/mol. The van der Waals surface area contributed by atoms with Crippen molar-refractivity contribution in [3.8, 4) is 28.7 Å². The number of rotatable bonds is 3. The van der Waals surface area contributed by atoms with Crippen LogP contribution >= 0.6 is 0 Å². The van der Waals surface area contributed by atoms with Gasteiger partial charge in [-0.15, -0.1) is 0 Å². The molecule has 140 valence electrons. The van der Waals surface area contributed by atoms with Gasteiger partial charge in [-0.05, 0) is 30.7 Å². The Balaban J connectivity index is 1.80. The zero-order valence-electron chi connectivity index (χ0n) is 14.7. The summed E-state index contributed by atoms with van der Waals surface area (Å²) in [7, 11) is 0. The Bertz CT molecular complexity index is 1100. The molecule has 1 aromatic heterocycles. The zero-order chi connectivity index (χ0) is 20.3. The minimum atomic E-state index is -0.769. The Hall–Kier alpha value is -4.25. The summed E-state index contributed by atoms with van der Waals surface area (Å²) in [6.45, 7) is 1.51. The highest BCUT2D eigenvalue weighted by molar-refractivity contribution is 6.02. The van der Waals surface area contributed by atoms with Gasteiger partial charge in [0.1, 0.15) is 17.6 Å². The molecule has 0 saturated carbocycles. The smallest absolute Gasteiger partial charge is 0.306 e. The maximum absolute atomic E-state index is 12.5. The fourth-order valence-electron chi connectivity index (χ4n) is 2.58. The van der Waals surface area contributed by atoms with Gasteiger partial charge < -0.3 is 14.6 Å². The van der Waals surface area contributed by atoms with E-state index >= 15 is 0 Å². The van der Waals surface area contributed by atoms with Crippen molar-refractivity contribution in [1.82, 2.24) is 10.9 Å². The summed E-state index contributed by atoms with van der Waals surface area (Å²) in [5.74, 6) is -1.89. The Morgan fingerprint density at radius 2 is 1.71 bits per heavy atom. The van der Waals surface area contributed by atoms with Crippen molar-refractivity contribution in [2.75, 3.05) is 0 Å². The van der Waals surface area contributed by atoms with Crippen LogP contribution in [0.4, 0.5) is 0 Å². The van der Waals surface area contributed by atoms with E-state index in [9.17, 15) is 19.8 Å². The van der Waals surface area contributed by atoms with Gasteiger partial charge in [-0.1, -0.05) is 30.3 Å². The highest BCUT2D eigenvalue weighted by Gasteiger charge is 2.24. The summed E-state index contributed by atoms with van der Waals surface area (Å²) in [5.41, 5.74) is 5.19. The van der Waals surface area contributed by atoms with E-state index in [4.69, 9.17) is 9.68 Å². The number of furan rings is 1. The molecule has 0 aliphatic rings. The second-order valence-electron chi connectivity index (χ2n) is 5.83. The van der Waals surface area contributed by atoms with Crippen molar-refractivity contribution in [3.63, 3.8) is 0 Å². The van der Waals surface area contributed by atoms with E-state index in [0.29, 0.717) is 5.56 Å². The van der Waals surface area contributed by atoms with E-state index in [1.807, 2.05) is 0 Å². The number of hydrogen-bond acceptors (Lipinski definition) is 6. The third-order valence-electron chi connectivity index (χ3n) is 3.99. The van der Waals surface area contributed by atoms with Crippen LogP contribution in [0.1, 0.15) is 32.2 Å². The molecule has 0 atom stereocenters. The summed E-state index contributed by atoms with van der Waals surface area (Å²) < 4.78 is 5.36. The lowest BCUT2D eigenvalue weighted by atomic mass is 10.0. The molecule has 2 amide bonds. The number of hydrogen-bond donors (Lipinski definition) is 4. The van der Waals surface area contributed by atoms with Gasteiger partial charge in [-0.3, -0.25) is 20.4 Å². The average molecular weight is 377 g/mol. The van der Waals surface area contributed by atoms with E-state index in [2.05, 4.69) is 10.9 Å². The molecular formula is C20H15N3O5. The molecule has 28 heavy (non-hydrogen) atoms. The maximum Gasteiger partial charge on any atom is 0.306 e. The Labute approximate surface area is 159 Å². The van der Waals surface area contributed by atoms with Crippen molar-refractivity contribution in [1.29, 1.82) is 5.26 Å². The number of phenols is 1. The third-order valence-corrected chi connectivity index (χ3v) is 3.99. The Kier molecular flexibility index (Phi) is 5.00. The summed E-state index contributed by atoms with van der Waals surface area (Å²) in [6.07, 6.45) is 0. The number of nitriles is 1. The van der Waals surface area contributed by atoms with Gasteiger partial charge in [0.15, 0.2) is 5.75 Å². The maximum atomic E-state index is 12.5. The lowest BCUT2D eigenvalue weighted by molar-refractivity contribution is 0.0830. The molecule has 0 aliphatic heterocycles. The van der Waals surface area contributed by atoms with Crippen LogP contribution < -0.4 is 10.9 Å². The van der Waals surface area contributed by atoms with Gasteiger partial charge in [0.25, 0.3) is 5.91 Å². The summed E-state index contributed by atoms with van der Waals surface area (Å²) in [5, 5.41) is 28.6. The second kappa shape index (κ2) is 7.55. The molecule has 0 bridgehead atoms. The summed E-state index contributed by atoms with van der Waals surface area (Å²) in [4.78, 5) is 24.7. The fraction of sp³-hybridized carbons (Fsp3) is 0.0500. The van der Waals surface area contributed by atoms with Crippen molar-refractivity contribution in [2.24, 2.45) is 0 Å². The van der Waals surface area contributed by atoms with Crippen LogP contribution in [0.15, 0.2) is 52.9 Å². The first kappa shape index (κ1) is 18.5. The highest BCUT2D eigenvalue weighted by atomic mass is 16.4. The number of nitrogens with zero attached hydrogens (tertiary/aromatic N) is 1. The van der Waals surface area contributed by atoms with E-state index in [1.165, 1.54) is 25.1 Å². The summed E-state index contributed by atoms with van der Waals surface area (Å²) >= 11 is 0. The standard InChI is InChI=1S/C20H15N3O5/c1-11-17(25)16(12-5-3-2-4-6-12)18(28-11)20(27)23-22-19(26)13-7-8-15(24)14(9-13)10-21/h2-9,24-25H,1H3,(H,22,26)(H,23,27). The topological polar surface area (TPSA) is 136 Å². The van der Waals surface area contributed by atoms with Crippen LogP contribution in [0.3, 0.4) is 0 Å². The first-order valence-corrected chi connectivity index (χ1v) is 8.14. The van der Waals surface area contributed by atoms with Crippen molar-refractivity contribution in [2.45, 2.75) is 6.92 Å². The number of aryl methyl sites for hydroxylation is 1. The molecule has 3 rings (SSSR count). The minimum Gasteiger partial charge on any atom is -0.507 e. The first-order valence-electron chi connectivity index (χ1n) is 8.14. The molecule has 0 spiro atoms. The Morgan fingerprint density at radius 3 is 2.39 bits per heavy atom. The monoisotopic (exact) mass is 377 g/mol. The van der Waals surface area contributed by atoms with Gasteiger partial charge in [-0.25, -0.2) is 0 Å². The minimum absolute atomic E-state index is 0.0661. The number of phenolic OH excluding ortho intramolecular Hbond substituents is 1. The number of aromatic hydroxyl groups is 2. The average Bonchev–Trinajstić information content (AvgIpc) is 3.01. The van der Waals surface area contributed by atoms with E-state index < -0.39 is 11.8 Å². The fourth-order valence-corrected chi connectivity index (χ4v) is 2.58. The molecule has 3 aromatic rings. The van der Waals surface area contributed by atoms with E-state index in [-0.39, 0.29) is 39.7 Å². The zero-order valence-corrected chi connectivity index (χ0v) is 14.7. The normalized spacial score (nSPS) is 10.1. The van der Waals surface area contributed by atoms with Crippen LogP contribution in [0.5, 0.6) is 11.5 Å². The molecule has 0 unspecified atom stereocenters. The number of benzene rings is 2. The number of nitrogens with one attached hydrogen (secondary N) is 2. The molecular weight excluding hydrogens is 362 g/mol. The molecule has 0 saturated heterocycles. The molecule has 8 heteroatoms. The highest BCUT2D eigenvalue weighted by Crippen LogP contribution is 2.37. The lowest BCUT2D eigenvalue weighted by Gasteiger charge is -2.08. The van der Waals surface area contributed by atoms with Gasteiger partial charge >= 0.3 is 5.91 Å². The largest absolute Gasteiger partial charge is 0.507 e. The molecule has 4 N–H and O–H groups in total. The van der Waals surface area contributed by atoms with Crippen LogP contribution in [-0.2, 0) is 0 Å². The molecule has 2 aromatic carbocycles. The molecule has 0 radical (unpaired) electrons. The van der Waals surface area contributed by atoms with Crippen LogP contribution in [0.2, 0.25) is 0 Å². The lowest BCUT2D eigenvalue weighted by Crippen LogP contribution is -2.41. The van der Waals surface area contributed by atoms with Gasteiger partial charge in [0.05, 0.1) is 11.1 Å². The summed E-state index contributed by atoms with van der Waals surface area (Å²) in [6, 6.07) is 14.2.